The second-order valence-corrected chi connectivity index (χ2v) is 5.86. The summed E-state index contributed by atoms with van der Waals surface area (Å²) in [6.07, 6.45) is 0. The highest BCUT2D eigenvalue weighted by Gasteiger charge is 2.11. The molecule has 1 atom stereocenters. The average molecular weight is 294 g/mol. The Balaban J connectivity index is 1.90. The van der Waals surface area contributed by atoms with Gasteiger partial charge in [0.1, 0.15) is 11.0 Å². The van der Waals surface area contributed by atoms with Gasteiger partial charge in [-0.15, -0.1) is 11.3 Å². The van der Waals surface area contributed by atoms with Crippen molar-refractivity contribution in [2.24, 2.45) is 5.73 Å². The zero-order chi connectivity index (χ0) is 13.7. The highest BCUT2D eigenvalue weighted by atomic mass is 32.2. The van der Waals surface area contributed by atoms with E-state index in [-0.39, 0.29) is 0 Å². The van der Waals surface area contributed by atoms with Crippen molar-refractivity contribution < 1.29 is 9.90 Å². The van der Waals surface area contributed by atoms with E-state index in [2.05, 4.69) is 4.98 Å². The van der Waals surface area contributed by atoms with Crippen LogP contribution in [0.4, 0.5) is 0 Å². The number of hydrogen-bond donors (Lipinski definition) is 2. The van der Waals surface area contributed by atoms with Crippen LogP contribution < -0.4 is 5.73 Å². The molecule has 0 saturated heterocycles. The van der Waals surface area contributed by atoms with Crippen LogP contribution in [0.15, 0.2) is 35.7 Å². The van der Waals surface area contributed by atoms with Gasteiger partial charge in [0.05, 0.1) is 5.69 Å². The fourth-order valence-corrected chi connectivity index (χ4v) is 3.25. The van der Waals surface area contributed by atoms with E-state index in [1.54, 1.807) is 11.3 Å². The molecule has 1 aromatic carbocycles. The van der Waals surface area contributed by atoms with Crippen molar-refractivity contribution in [3.8, 4) is 10.6 Å². The number of carboxylic acids is 1. The Bertz CT molecular complexity index is 543. The summed E-state index contributed by atoms with van der Waals surface area (Å²) in [5, 5.41) is 11.7. The van der Waals surface area contributed by atoms with E-state index in [1.165, 1.54) is 11.8 Å². The predicted octanol–water partition coefficient (Wildman–Crippen LogP) is 2.46. The van der Waals surface area contributed by atoms with Crippen molar-refractivity contribution in [2.75, 3.05) is 5.75 Å². The molecule has 100 valence electrons. The quantitative estimate of drug-likeness (QED) is 0.856. The first-order valence-corrected chi connectivity index (χ1v) is 7.76. The number of thiazole rings is 1. The molecule has 0 saturated carbocycles. The molecule has 0 aliphatic carbocycles. The van der Waals surface area contributed by atoms with Gasteiger partial charge in [-0.05, 0) is 0 Å². The summed E-state index contributed by atoms with van der Waals surface area (Å²) in [6, 6.07) is 9.18. The molecule has 0 aliphatic rings. The molecular formula is C13H14N2O2S2. The van der Waals surface area contributed by atoms with Crippen LogP contribution >= 0.6 is 23.1 Å². The Hall–Kier alpha value is -1.37. The molecule has 6 heteroatoms. The lowest BCUT2D eigenvalue weighted by Gasteiger charge is -2.04. The lowest BCUT2D eigenvalue weighted by molar-refractivity contribution is -0.137. The maximum Gasteiger partial charge on any atom is 0.321 e. The lowest BCUT2D eigenvalue weighted by atomic mass is 10.2. The number of thioether (sulfide) groups is 1. The molecule has 0 unspecified atom stereocenters. The number of nitrogens with two attached hydrogens (primary N) is 1. The van der Waals surface area contributed by atoms with Gasteiger partial charge in [0.2, 0.25) is 0 Å². The molecule has 0 spiro atoms. The SMILES string of the molecule is N[C@@H](CSCc1csc(-c2ccccc2)n1)C(=O)O. The van der Waals surface area contributed by atoms with E-state index in [4.69, 9.17) is 10.8 Å². The largest absolute Gasteiger partial charge is 0.480 e. The molecule has 0 bridgehead atoms. The van der Waals surface area contributed by atoms with Gasteiger partial charge in [0, 0.05) is 22.4 Å². The molecule has 19 heavy (non-hydrogen) atoms. The van der Waals surface area contributed by atoms with Gasteiger partial charge in [0.15, 0.2) is 0 Å². The van der Waals surface area contributed by atoms with E-state index in [0.29, 0.717) is 11.5 Å². The van der Waals surface area contributed by atoms with Crippen molar-refractivity contribution in [3.63, 3.8) is 0 Å². The monoisotopic (exact) mass is 294 g/mol. The number of carbonyl (C=O) groups is 1. The number of benzene rings is 1. The van der Waals surface area contributed by atoms with Crippen LogP contribution in [0.25, 0.3) is 10.6 Å². The molecule has 0 amide bonds. The van der Waals surface area contributed by atoms with Gasteiger partial charge >= 0.3 is 5.97 Å². The Morgan fingerprint density at radius 1 is 1.42 bits per heavy atom. The Morgan fingerprint density at radius 3 is 2.84 bits per heavy atom. The third kappa shape index (κ3) is 4.05. The molecule has 0 radical (unpaired) electrons. The average Bonchev–Trinajstić information content (AvgIpc) is 2.88. The van der Waals surface area contributed by atoms with Crippen molar-refractivity contribution in [3.05, 3.63) is 41.4 Å². The number of aliphatic carboxylic acids is 1. The maximum absolute atomic E-state index is 10.6. The van der Waals surface area contributed by atoms with Gasteiger partial charge < -0.3 is 10.8 Å². The number of carboxylic acid groups (broad SMARTS) is 1. The lowest BCUT2D eigenvalue weighted by Crippen LogP contribution is -2.32. The molecule has 2 rings (SSSR count). The van der Waals surface area contributed by atoms with Crippen LogP contribution in [0.3, 0.4) is 0 Å². The van der Waals surface area contributed by atoms with Crippen molar-refractivity contribution in [1.29, 1.82) is 0 Å². The van der Waals surface area contributed by atoms with Gasteiger partial charge in [-0.25, -0.2) is 4.98 Å². The molecule has 0 fully saturated rings. The Kier molecular flexibility index (Phi) is 4.95. The third-order valence-corrected chi connectivity index (χ3v) is 4.47. The summed E-state index contributed by atoms with van der Waals surface area (Å²) in [6.45, 7) is 0. The minimum Gasteiger partial charge on any atom is -0.480 e. The third-order valence-electron chi connectivity index (χ3n) is 2.44. The van der Waals surface area contributed by atoms with E-state index in [1.807, 2.05) is 35.7 Å². The van der Waals surface area contributed by atoms with Gasteiger partial charge in [-0.3, -0.25) is 4.79 Å². The van der Waals surface area contributed by atoms with Crippen LogP contribution in [0.5, 0.6) is 0 Å². The Morgan fingerprint density at radius 2 is 2.16 bits per heavy atom. The number of rotatable bonds is 6. The number of nitrogens with zero attached hydrogens (tertiary/aromatic N) is 1. The molecular weight excluding hydrogens is 280 g/mol. The molecule has 0 aliphatic heterocycles. The first-order valence-electron chi connectivity index (χ1n) is 5.73. The van der Waals surface area contributed by atoms with Crippen LogP contribution in [0, 0.1) is 0 Å². The Labute approximate surface area is 119 Å². The minimum absolute atomic E-state index is 0.396. The number of hydrogen-bond acceptors (Lipinski definition) is 5. The fraction of sp³-hybridized carbons (Fsp3) is 0.231. The highest BCUT2D eigenvalue weighted by Crippen LogP contribution is 2.25. The summed E-state index contributed by atoms with van der Waals surface area (Å²) in [5.41, 5.74) is 7.51. The predicted molar refractivity (Wildman–Crippen MR) is 79.3 cm³/mol. The van der Waals surface area contributed by atoms with E-state index in [0.717, 1.165) is 16.3 Å². The standard InChI is InChI=1S/C13H14N2O2S2/c14-11(13(16)17)8-18-6-10-7-19-12(15-10)9-4-2-1-3-5-9/h1-5,7,11H,6,8,14H2,(H,16,17)/t11-/m0/s1. The van der Waals surface area contributed by atoms with Crippen molar-refractivity contribution in [1.82, 2.24) is 4.98 Å². The number of aromatic nitrogens is 1. The van der Waals surface area contributed by atoms with Gasteiger partial charge in [-0.1, -0.05) is 30.3 Å². The fourth-order valence-electron chi connectivity index (χ4n) is 1.45. The molecule has 4 nitrogen and oxygen atoms in total. The zero-order valence-corrected chi connectivity index (χ0v) is 11.8. The summed E-state index contributed by atoms with van der Waals surface area (Å²) < 4.78 is 0. The zero-order valence-electron chi connectivity index (χ0n) is 10.2. The van der Waals surface area contributed by atoms with Crippen LogP contribution in [0.2, 0.25) is 0 Å². The van der Waals surface area contributed by atoms with Crippen LogP contribution in [-0.2, 0) is 10.5 Å². The van der Waals surface area contributed by atoms with Gasteiger partial charge in [0.25, 0.3) is 0 Å². The summed E-state index contributed by atoms with van der Waals surface area (Å²) >= 11 is 3.09. The first-order chi connectivity index (χ1) is 9.16. The summed E-state index contributed by atoms with van der Waals surface area (Å²) in [4.78, 5) is 15.1. The molecule has 3 N–H and O–H groups in total. The highest BCUT2D eigenvalue weighted by molar-refractivity contribution is 7.98. The minimum atomic E-state index is -0.962. The second kappa shape index (κ2) is 6.70. The summed E-state index contributed by atoms with van der Waals surface area (Å²) in [7, 11) is 0. The topological polar surface area (TPSA) is 76.2 Å². The molecule has 1 aromatic heterocycles. The smallest absolute Gasteiger partial charge is 0.321 e. The van der Waals surface area contributed by atoms with Crippen molar-refractivity contribution in [2.45, 2.75) is 11.8 Å². The summed E-state index contributed by atoms with van der Waals surface area (Å²) in [5.74, 6) is 0.119. The van der Waals surface area contributed by atoms with Crippen LogP contribution in [-0.4, -0.2) is 27.9 Å². The van der Waals surface area contributed by atoms with E-state index >= 15 is 0 Å². The van der Waals surface area contributed by atoms with Crippen LogP contribution in [0.1, 0.15) is 5.69 Å². The molecule has 1 heterocycles. The van der Waals surface area contributed by atoms with E-state index < -0.39 is 12.0 Å². The maximum atomic E-state index is 10.6. The molecule has 2 aromatic rings. The first kappa shape index (κ1) is 14.0. The normalized spacial score (nSPS) is 12.3. The van der Waals surface area contributed by atoms with E-state index in [9.17, 15) is 4.79 Å². The second-order valence-electron chi connectivity index (χ2n) is 3.97. The van der Waals surface area contributed by atoms with Gasteiger partial charge in [-0.2, -0.15) is 11.8 Å². The van der Waals surface area contributed by atoms with Crippen molar-refractivity contribution >= 4 is 29.1 Å².